The number of nitrogens with two attached hydrogens (primary N) is 1. The van der Waals surface area contributed by atoms with Gasteiger partial charge in [-0.3, -0.25) is 9.59 Å². The molecule has 1 heterocycles. The Labute approximate surface area is 135 Å². The van der Waals surface area contributed by atoms with Crippen LogP contribution in [0.15, 0.2) is 24.3 Å². The number of hydrogen-bond acceptors (Lipinski definition) is 4. The first-order valence-electron chi connectivity index (χ1n) is 7.79. The Morgan fingerprint density at radius 3 is 2.39 bits per heavy atom. The summed E-state index contributed by atoms with van der Waals surface area (Å²) in [6.07, 6.45) is 0.273. The Hall–Kier alpha value is -2.15. The van der Waals surface area contributed by atoms with Crippen molar-refractivity contribution in [2.24, 2.45) is 5.73 Å². The molecule has 0 aliphatic carbocycles. The molecule has 2 amide bonds. The van der Waals surface area contributed by atoms with E-state index in [9.17, 15) is 14.0 Å². The molecule has 0 spiro atoms. The van der Waals surface area contributed by atoms with Gasteiger partial charge in [0.2, 0.25) is 11.8 Å². The fourth-order valence-electron chi connectivity index (χ4n) is 2.48. The van der Waals surface area contributed by atoms with Gasteiger partial charge in [-0.25, -0.2) is 4.39 Å². The van der Waals surface area contributed by atoms with Crippen LogP contribution in [0.2, 0.25) is 0 Å². The summed E-state index contributed by atoms with van der Waals surface area (Å²) >= 11 is 0. The lowest BCUT2D eigenvalue weighted by atomic mass is 10.2. The topological polar surface area (TPSA) is 78.7 Å². The first-order valence-corrected chi connectivity index (χ1v) is 7.79. The molecular formula is C16H23FN4O2. The molecular weight excluding hydrogens is 299 g/mol. The summed E-state index contributed by atoms with van der Waals surface area (Å²) in [6.45, 7) is 4.57. The molecule has 1 atom stereocenters. The van der Waals surface area contributed by atoms with E-state index in [2.05, 4.69) is 10.2 Å². The van der Waals surface area contributed by atoms with Crippen molar-refractivity contribution in [1.82, 2.24) is 10.2 Å². The number of amides is 2. The van der Waals surface area contributed by atoms with Gasteiger partial charge in [-0.1, -0.05) is 0 Å². The van der Waals surface area contributed by atoms with Crippen LogP contribution < -0.4 is 16.0 Å². The number of carbonyl (C=O) groups is 2. The van der Waals surface area contributed by atoms with Crippen molar-refractivity contribution < 1.29 is 14.0 Å². The first kappa shape index (κ1) is 17.2. The molecule has 7 heteroatoms. The summed E-state index contributed by atoms with van der Waals surface area (Å²) in [5.74, 6) is -0.482. The van der Waals surface area contributed by atoms with Gasteiger partial charge < -0.3 is 20.9 Å². The van der Waals surface area contributed by atoms with Crippen molar-refractivity contribution in [1.29, 1.82) is 0 Å². The van der Waals surface area contributed by atoms with E-state index < -0.39 is 6.04 Å². The van der Waals surface area contributed by atoms with Gasteiger partial charge in [-0.05, 0) is 31.2 Å². The predicted octanol–water partition coefficient (Wildman–Crippen LogP) is 0.328. The maximum atomic E-state index is 12.9. The zero-order chi connectivity index (χ0) is 16.8. The molecule has 0 radical (unpaired) electrons. The second-order valence-electron chi connectivity index (χ2n) is 5.67. The SMILES string of the molecule is C[C@@H](N)C(=O)NCCC(=O)N1CCN(c2ccc(F)cc2)CC1. The minimum Gasteiger partial charge on any atom is -0.368 e. The van der Waals surface area contributed by atoms with Gasteiger partial charge in [-0.2, -0.15) is 0 Å². The average Bonchev–Trinajstić information content (AvgIpc) is 2.55. The van der Waals surface area contributed by atoms with Crippen LogP contribution >= 0.6 is 0 Å². The largest absolute Gasteiger partial charge is 0.368 e. The molecule has 2 rings (SSSR count). The normalized spacial score (nSPS) is 16.1. The van der Waals surface area contributed by atoms with Gasteiger partial charge in [0.05, 0.1) is 6.04 Å². The van der Waals surface area contributed by atoms with E-state index in [4.69, 9.17) is 5.73 Å². The van der Waals surface area contributed by atoms with Gasteiger partial charge in [-0.15, -0.1) is 0 Å². The minimum absolute atomic E-state index is 0.0220. The highest BCUT2D eigenvalue weighted by Crippen LogP contribution is 2.17. The maximum absolute atomic E-state index is 12.9. The van der Waals surface area contributed by atoms with E-state index in [1.165, 1.54) is 12.1 Å². The van der Waals surface area contributed by atoms with Crippen molar-refractivity contribution in [3.63, 3.8) is 0 Å². The van der Waals surface area contributed by atoms with Crippen LogP contribution in [0.3, 0.4) is 0 Å². The van der Waals surface area contributed by atoms with Crippen molar-refractivity contribution >= 4 is 17.5 Å². The maximum Gasteiger partial charge on any atom is 0.236 e. The fraction of sp³-hybridized carbons (Fsp3) is 0.500. The predicted molar refractivity (Wildman–Crippen MR) is 86.5 cm³/mol. The Kier molecular flexibility index (Phi) is 5.92. The highest BCUT2D eigenvalue weighted by Gasteiger charge is 2.21. The van der Waals surface area contributed by atoms with Gasteiger partial charge in [0.25, 0.3) is 0 Å². The van der Waals surface area contributed by atoms with Crippen LogP contribution in [0.1, 0.15) is 13.3 Å². The number of piperazine rings is 1. The number of benzene rings is 1. The first-order chi connectivity index (χ1) is 11.0. The molecule has 1 aliphatic rings. The molecule has 1 saturated heterocycles. The summed E-state index contributed by atoms with van der Waals surface area (Å²) < 4.78 is 12.9. The number of halogens is 1. The number of anilines is 1. The van der Waals surface area contributed by atoms with Gasteiger partial charge in [0.1, 0.15) is 5.82 Å². The summed E-state index contributed by atoms with van der Waals surface area (Å²) in [5, 5.41) is 2.63. The van der Waals surface area contributed by atoms with E-state index in [1.54, 1.807) is 24.0 Å². The lowest BCUT2D eigenvalue weighted by molar-refractivity contribution is -0.131. The third-order valence-corrected chi connectivity index (χ3v) is 3.88. The third-order valence-electron chi connectivity index (χ3n) is 3.88. The Morgan fingerprint density at radius 1 is 1.22 bits per heavy atom. The van der Waals surface area contributed by atoms with E-state index in [0.29, 0.717) is 32.7 Å². The summed E-state index contributed by atoms with van der Waals surface area (Å²) in [7, 11) is 0. The summed E-state index contributed by atoms with van der Waals surface area (Å²) in [6, 6.07) is 5.80. The molecule has 1 aromatic rings. The minimum atomic E-state index is -0.565. The van der Waals surface area contributed by atoms with E-state index in [1.807, 2.05) is 0 Å². The zero-order valence-corrected chi connectivity index (χ0v) is 13.3. The van der Waals surface area contributed by atoms with Gasteiger partial charge >= 0.3 is 0 Å². The quantitative estimate of drug-likeness (QED) is 0.819. The fourth-order valence-corrected chi connectivity index (χ4v) is 2.48. The zero-order valence-electron chi connectivity index (χ0n) is 13.3. The van der Waals surface area contributed by atoms with E-state index in [0.717, 1.165) is 5.69 Å². The number of hydrogen-bond donors (Lipinski definition) is 2. The average molecular weight is 322 g/mol. The van der Waals surface area contributed by atoms with E-state index >= 15 is 0 Å². The van der Waals surface area contributed by atoms with Crippen LogP contribution in [0.4, 0.5) is 10.1 Å². The molecule has 126 valence electrons. The monoisotopic (exact) mass is 322 g/mol. The molecule has 0 bridgehead atoms. The lowest BCUT2D eigenvalue weighted by Crippen LogP contribution is -2.49. The highest BCUT2D eigenvalue weighted by atomic mass is 19.1. The second-order valence-corrected chi connectivity index (χ2v) is 5.67. The van der Waals surface area contributed by atoms with Crippen LogP contribution in [0, 0.1) is 5.82 Å². The Balaban J connectivity index is 1.74. The van der Waals surface area contributed by atoms with Crippen LogP contribution in [-0.2, 0) is 9.59 Å². The molecule has 1 aromatic carbocycles. The molecule has 0 aromatic heterocycles. The van der Waals surface area contributed by atoms with Gasteiger partial charge in [0.15, 0.2) is 0 Å². The Bertz CT molecular complexity index is 540. The highest BCUT2D eigenvalue weighted by molar-refractivity contribution is 5.82. The lowest BCUT2D eigenvalue weighted by Gasteiger charge is -2.36. The third kappa shape index (κ3) is 4.92. The van der Waals surface area contributed by atoms with Crippen LogP contribution in [0.25, 0.3) is 0 Å². The molecule has 6 nitrogen and oxygen atoms in total. The van der Waals surface area contributed by atoms with Crippen molar-refractivity contribution in [2.75, 3.05) is 37.6 Å². The summed E-state index contributed by atoms with van der Waals surface area (Å²) in [5.41, 5.74) is 6.40. The molecule has 0 saturated carbocycles. The van der Waals surface area contributed by atoms with Crippen LogP contribution in [0.5, 0.6) is 0 Å². The smallest absolute Gasteiger partial charge is 0.236 e. The van der Waals surface area contributed by atoms with Crippen molar-refractivity contribution in [3.8, 4) is 0 Å². The molecule has 1 aliphatic heterocycles. The second kappa shape index (κ2) is 7.92. The standard InChI is InChI=1S/C16H23FN4O2/c1-12(18)16(23)19-7-6-15(22)21-10-8-20(9-11-21)14-4-2-13(17)3-5-14/h2-5,12H,6-11,18H2,1H3,(H,19,23)/t12-/m1/s1. The molecule has 0 unspecified atom stereocenters. The number of nitrogens with zero attached hydrogens (tertiary/aromatic N) is 2. The summed E-state index contributed by atoms with van der Waals surface area (Å²) in [4.78, 5) is 27.4. The van der Waals surface area contributed by atoms with Crippen LogP contribution in [-0.4, -0.2) is 55.5 Å². The molecule has 1 fully saturated rings. The number of carbonyl (C=O) groups excluding carboxylic acids is 2. The molecule has 23 heavy (non-hydrogen) atoms. The molecule has 3 N–H and O–H groups in total. The number of rotatable bonds is 5. The van der Waals surface area contributed by atoms with E-state index in [-0.39, 0.29) is 24.1 Å². The number of nitrogens with one attached hydrogen (secondary N) is 1. The Morgan fingerprint density at radius 2 is 1.83 bits per heavy atom. The van der Waals surface area contributed by atoms with Crippen molar-refractivity contribution in [2.45, 2.75) is 19.4 Å². The van der Waals surface area contributed by atoms with Crippen molar-refractivity contribution in [3.05, 3.63) is 30.1 Å². The van der Waals surface area contributed by atoms with Gasteiger partial charge in [0, 0.05) is 44.8 Å².